The van der Waals surface area contributed by atoms with Crippen LogP contribution in [0.5, 0.6) is 5.75 Å². The normalized spacial score (nSPS) is 10.6. The molecule has 0 radical (unpaired) electrons. The van der Waals surface area contributed by atoms with Crippen molar-refractivity contribution in [2.24, 2.45) is 0 Å². The summed E-state index contributed by atoms with van der Waals surface area (Å²) in [5.74, 6) is -0.508. The van der Waals surface area contributed by atoms with Crippen molar-refractivity contribution in [3.63, 3.8) is 0 Å². The van der Waals surface area contributed by atoms with Crippen LogP contribution in [0.1, 0.15) is 5.56 Å². The lowest BCUT2D eigenvalue weighted by molar-refractivity contribution is -0.112. The fourth-order valence-electron chi connectivity index (χ4n) is 1.82. The summed E-state index contributed by atoms with van der Waals surface area (Å²) in [6.45, 7) is 1.95. The van der Waals surface area contributed by atoms with Gasteiger partial charge in [-0.05, 0) is 36.8 Å². The molecule has 110 valence electrons. The van der Waals surface area contributed by atoms with E-state index >= 15 is 0 Å². The molecule has 0 saturated carbocycles. The van der Waals surface area contributed by atoms with Crippen molar-refractivity contribution < 1.29 is 9.90 Å². The van der Waals surface area contributed by atoms with Gasteiger partial charge in [0.1, 0.15) is 17.4 Å². The fourth-order valence-corrected chi connectivity index (χ4v) is 1.82. The average molecular weight is 293 g/mol. The second-order valence-electron chi connectivity index (χ2n) is 4.69. The van der Waals surface area contributed by atoms with Crippen LogP contribution in [0.3, 0.4) is 0 Å². The summed E-state index contributed by atoms with van der Waals surface area (Å²) in [5, 5.41) is 23.9. The van der Waals surface area contributed by atoms with E-state index in [1.165, 1.54) is 18.3 Å². The van der Waals surface area contributed by atoms with Gasteiger partial charge >= 0.3 is 0 Å². The highest BCUT2D eigenvalue weighted by molar-refractivity contribution is 6.06. The van der Waals surface area contributed by atoms with E-state index in [-0.39, 0.29) is 11.3 Å². The molecular weight excluding hydrogens is 278 g/mol. The zero-order chi connectivity index (χ0) is 15.9. The van der Waals surface area contributed by atoms with Gasteiger partial charge in [0.05, 0.1) is 0 Å². The minimum Gasteiger partial charge on any atom is -0.508 e. The van der Waals surface area contributed by atoms with E-state index < -0.39 is 5.91 Å². The summed E-state index contributed by atoms with van der Waals surface area (Å²) in [4.78, 5) is 12.0. The zero-order valence-electron chi connectivity index (χ0n) is 12.0. The molecule has 0 unspecified atom stereocenters. The lowest BCUT2D eigenvalue weighted by Crippen LogP contribution is -2.14. The van der Waals surface area contributed by atoms with Crippen molar-refractivity contribution in [3.8, 4) is 11.8 Å². The average Bonchev–Trinajstić information content (AvgIpc) is 2.48. The molecule has 0 spiro atoms. The topological polar surface area (TPSA) is 85.2 Å². The first kappa shape index (κ1) is 15.1. The van der Waals surface area contributed by atoms with Crippen molar-refractivity contribution in [2.75, 3.05) is 10.6 Å². The van der Waals surface area contributed by atoms with Crippen molar-refractivity contribution in [2.45, 2.75) is 6.92 Å². The number of rotatable bonds is 4. The first-order valence-corrected chi connectivity index (χ1v) is 6.62. The Morgan fingerprint density at radius 2 is 1.91 bits per heavy atom. The molecular formula is C17H15N3O2. The molecule has 22 heavy (non-hydrogen) atoms. The molecule has 0 aliphatic heterocycles. The number of carbonyl (C=O) groups is 1. The van der Waals surface area contributed by atoms with Crippen molar-refractivity contribution >= 4 is 17.3 Å². The summed E-state index contributed by atoms with van der Waals surface area (Å²) in [6, 6.07) is 15.5. The third-order valence-electron chi connectivity index (χ3n) is 2.87. The highest BCUT2D eigenvalue weighted by atomic mass is 16.3. The third-order valence-corrected chi connectivity index (χ3v) is 2.87. The Kier molecular flexibility index (Phi) is 4.78. The standard InChI is InChI=1S/C17H15N3O2/c1-12-4-2-5-14(8-12)19-11-13(10-18)17(22)20-15-6-3-7-16(21)9-15/h2-9,11,19,21H,1H3,(H,20,22)/b13-11-. The van der Waals surface area contributed by atoms with E-state index in [4.69, 9.17) is 5.26 Å². The van der Waals surface area contributed by atoms with E-state index in [1.807, 2.05) is 37.3 Å². The van der Waals surface area contributed by atoms with Crippen LogP contribution in [0.25, 0.3) is 0 Å². The van der Waals surface area contributed by atoms with Crippen molar-refractivity contribution in [1.29, 1.82) is 5.26 Å². The number of nitrogens with one attached hydrogen (secondary N) is 2. The molecule has 0 heterocycles. The maximum absolute atomic E-state index is 12.0. The molecule has 0 fully saturated rings. The summed E-state index contributed by atoms with van der Waals surface area (Å²) in [6.07, 6.45) is 1.35. The summed E-state index contributed by atoms with van der Waals surface area (Å²) < 4.78 is 0. The smallest absolute Gasteiger partial charge is 0.267 e. The number of hydrogen-bond acceptors (Lipinski definition) is 4. The Bertz CT molecular complexity index is 760. The van der Waals surface area contributed by atoms with E-state index in [1.54, 1.807) is 12.1 Å². The number of phenols is 1. The van der Waals surface area contributed by atoms with Gasteiger partial charge in [-0.2, -0.15) is 5.26 Å². The van der Waals surface area contributed by atoms with E-state index in [0.717, 1.165) is 11.3 Å². The van der Waals surface area contributed by atoms with E-state index in [9.17, 15) is 9.90 Å². The van der Waals surface area contributed by atoms with Crippen molar-refractivity contribution in [3.05, 3.63) is 65.9 Å². The zero-order valence-corrected chi connectivity index (χ0v) is 12.0. The van der Waals surface area contributed by atoms with Gasteiger partial charge in [-0.3, -0.25) is 4.79 Å². The number of carbonyl (C=O) groups excluding carboxylic acids is 1. The molecule has 0 aliphatic carbocycles. The fraction of sp³-hybridized carbons (Fsp3) is 0.0588. The van der Waals surface area contributed by atoms with Crippen LogP contribution in [0, 0.1) is 18.3 Å². The quantitative estimate of drug-likeness (QED) is 0.597. The van der Waals surface area contributed by atoms with Crippen LogP contribution in [0.15, 0.2) is 60.3 Å². The monoisotopic (exact) mass is 293 g/mol. The molecule has 0 atom stereocenters. The second kappa shape index (κ2) is 6.95. The highest BCUT2D eigenvalue weighted by Gasteiger charge is 2.09. The maximum Gasteiger partial charge on any atom is 0.267 e. The minimum absolute atomic E-state index is 0.0400. The molecule has 0 aromatic heterocycles. The molecule has 0 aliphatic rings. The Labute approximate surface area is 128 Å². The number of aromatic hydroxyl groups is 1. The van der Waals surface area contributed by atoms with Crippen LogP contribution in [-0.2, 0) is 4.79 Å². The van der Waals surface area contributed by atoms with Gasteiger partial charge in [0.15, 0.2) is 0 Å². The van der Waals surface area contributed by atoms with Crippen molar-refractivity contribution in [1.82, 2.24) is 0 Å². The van der Waals surface area contributed by atoms with E-state index in [0.29, 0.717) is 5.69 Å². The Balaban J connectivity index is 2.09. The van der Waals surface area contributed by atoms with E-state index in [2.05, 4.69) is 10.6 Å². The van der Waals surface area contributed by atoms with Crippen LogP contribution >= 0.6 is 0 Å². The number of nitriles is 1. The Morgan fingerprint density at radius 1 is 1.18 bits per heavy atom. The van der Waals surface area contributed by atoms with Crippen LogP contribution in [0.2, 0.25) is 0 Å². The molecule has 0 bridgehead atoms. The minimum atomic E-state index is -0.548. The summed E-state index contributed by atoms with van der Waals surface area (Å²) in [5.41, 5.74) is 2.21. The molecule has 2 rings (SSSR count). The number of amides is 1. The number of aryl methyl sites for hydroxylation is 1. The predicted molar refractivity (Wildman–Crippen MR) is 85.2 cm³/mol. The third kappa shape index (κ3) is 4.12. The summed E-state index contributed by atoms with van der Waals surface area (Å²) in [7, 11) is 0. The molecule has 0 saturated heterocycles. The number of phenolic OH excluding ortho intramolecular Hbond substituents is 1. The molecule has 5 nitrogen and oxygen atoms in total. The lowest BCUT2D eigenvalue weighted by atomic mass is 10.2. The van der Waals surface area contributed by atoms with Gasteiger partial charge in [-0.25, -0.2) is 0 Å². The summed E-state index contributed by atoms with van der Waals surface area (Å²) >= 11 is 0. The largest absolute Gasteiger partial charge is 0.508 e. The van der Waals surface area contributed by atoms with Gasteiger partial charge < -0.3 is 15.7 Å². The first-order chi connectivity index (χ1) is 10.6. The number of anilines is 2. The SMILES string of the molecule is Cc1cccc(N/C=C(/C#N)C(=O)Nc2cccc(O)c2)c1. The Morgan fingerprint density at radius 3 is 2.59 bits per heavy atom. The molecule has 2 aromatic rings. The number of benzene rings is 2. The van der Waals surface area contributed by atoms with Crippen LogP contribution in [-0.4, -0.2) is 11.0 Å². The number of hydrogen-bond donors (Lipinski definition) is 3. The Hall–Kier alpha value is -3.26. The second-order valence-corrected chi connectivity index (χ2v) is 4.69. The molecule has 2 aromatic carbocycles. The molecule has 5 heteroatoms. The van der Waals surface area contributed by atoms with Gasteiger partial charge in [0, 0.05) is 23.6 Å². The maximum atomic E-state index is 12.0. The molecule has 3 N–H and O–H groups in total. The van der Waals surface area contributed by atoms with Crippen LogP contribution in [0.4, 0.5) is 11.4 Å². The number of nitrogens with zero attached hydrogens (tertiary/aromatic N) is 1. The van der Waals surface area contributed by atoms with Gasteiger partial charge in [-0.1, -0.05) is 18.2 Å². The first-order valence-electron chi connectivity index (χ1n) is 6.62. The highest BCUT2D eigenvalue weighted by Crippen LogP contribution is 2.16. The predicted octanol–water partition coefficient (Wildman–Crippen LogP) is 3.16. The van der Waals surface area contributed by atoms with Gasteiger partial charge in [-0.15, -0.1) is 0 Å². The van der Waals surface area contributed by atoms with Crippen LogP contribution < -0.4 is 10.6 Å². The van der Waals surface area contributed by atoms with Gasteiger partial charge in [0.2, 0.25) is 0 Å². The molecule has 1 amide bonds. The lowest BCUT2D eigenvalue weighted by Gasteiger charge is -2.06. The van der Waals surface area contributed by atoms with Gasteiger partial charge in [0.25, 0.3) is 5.91 Å².